The second-order valence-electron chi connectivity index (χ2n) is 10.4. The monoisotopic (exact) mass is 535 g/mol. The molecule has 0 amide bonds. The molecule has 0 radical (unpaired) electrons. The van der Waals surface area contributed by atoms with Gasteiger partial charge in [-0.15, -0.1) is 6.58 Å². The molecule has 1 fully saturated rings. The van der Waals surface area contributed by atoms with Crippen molar-refractivity contribution < 1.29 is 9.47 Å². The van der Waals surface area contributed by atoms with Gasteiger partial charge in [-0.25, -0.2) is 4.98 Å². The molecule has 3 aromatic carbocycles. The van der Waals surface area contributed by atoms with Crippen LogP contribution in [0.15, 0.2) is 83.2 Å². The van der Waals surface area contributed by atoms with Crippen LogP contribution in [0.5, 0.6) is 11.5 Å². The maximum absolute atomic E-state index is 13.6. The molecule has 0 atom stereocenters. The van der Waals surface area contributed by atoms with E-state index in [1.807, 2.05) is 55.5 Å². The molecule has 0 N–H and O–H groups in total. The third-order valence-corrected chi connectivity index (χ3v) is 7.36. The lowest BCUT2D eigenvalue weighted by molar-refractivity contribution is 0.267. The van der Waals surface area contributed by atoms with E-state index in [9.17, 15) is 4.79 Å². The van der Waals surface area contributed by atoms with Crippen molar-refractivity contribution in [1.82, 2.24) is 9.66 Å². The number of aryl methyl sites for hydroxylation is 1. The van der Waals surface area contributed by atoms with Crippen LogP contribution in [-0.4, -0.2) is 22.5 Å². The summed E-state index contributed by atoms with van der Waals surface area (Å²) < 4.78 is 13.9. The number of rotatable bonds is 10. The van der Waals surface area contributed by atoms with E-state index in [1.165, 1.54) is 16.7 Å². The number of hydrogen-bond acceptors (Lipinski definition) is 5. The van der Waals surface area contributed by atoms with Crippen molar-refractivity contribution in [2.45, 2.75) is 64.9 Å². The fourth-order valence-electron chi connectivity index (χ4n) is 5.45. The Morgan fingerprint density at radius 3 is 2.65 bits per heavy atom. The first-order valence-corrected chi connectivity index (χ1v) is 14.2. The third kappa shape index (κ3) is 6.17. The zero-order chi connectivity index (χ0) is 27.9. The number of nitrogens with zero attached hydrogens (tertiary/aromatic N) is 3. The van der Waals surface area contributed by atoms with Crippen LogP contribution >= 0.6 is 0 Å². The summed E-state index contributed by atoms with van der Waals surface area (Å²) in [5.74, 6) is 2.31. The summed E-state index contributed by atoms with van der Waals surface area (Å²) in [5.41, 5.74) is 4.63. The van der Waals surface area contributed by atoms with Crippen LogP contribution in [0.25, 0.3) is 10.9 Å². The number of para-hydroxylation sites is 1. The van der Waals surface area contributed by atoms with E-state index in [1.54, 1.807) is 6.21 Å². The topological polar surface area (TPSA) is 65.7 Å². The highest BCUT2D eigenvalue weighted by Gasteiger charge is 2.22. The Hall–Kier alpha value is -4.19. The summed E-state index contributed by atoms with van der Waals surface area (Å²) in [6.45, 7) is 8.90. The molecule has 0 spiro atoms. The second kappa shape index (κ2) is 12.8. The van der Waals surface area contributed by atoms with E-state index >= 15 is 0 Å². The van der Waals surface area contributed by atoms with Gasteiger partial charge < -0.3 is 9.47 Å². The summed E-state index contributed by atoms with van der Waals surface area (Å²) in [6.07, 6.45) is 9.73. The Morgan fingerprint density at radius 1 is 1.05 bits per heavy atom. The molecule has 0 aliphatic heterocycles. The Morgan fingerprint density at radius 2 is 1.88 bits per heavy atom. The van der Waals surface area contributed by atoms with Crippen molar-refractivity contribution in [3.63, 3.8) is 0 Å². The van der Waals surface area contributed by atoms with Gasteiger partial charge in [0.15, 0.2) is 11.5 Å². The molecule has 1 heterocycles. The zero-order valence-electron chi connectivity index (χ0n) is 23.4. The molecule has 1 saturated carbocycles. The molecule has 0 unspecified atom stereocenters. The molecular weight excluding hydrogens is 498 g/mol. The number of allylic oxidation sites excluding steroid dienone is 1. The van der Waals surface area contributed by atoms with Gasteiger partial charge in [0.05, 0.1) is 23.7 Å². The van der Waals surface area contributed by atoms with Crippen molar-refractivity contribution in [1.29, 1.82) is 0 Å². The van der Waals surface area contributed by atoms with Crippen molar-refractivity contribution in [2.24, 2.45) is 5.10 Å². The largest absolute Gasteiger partial charge is 0.490 e. The highest BCUT2D eigenvalue weighted by atomic mass is 16.5. The Kier molecular flexibility index (Phi) is 8.74. The second-order valence-corrected chi connectivity index (χ2v) is 10.4. The smallest absolute Gasteiger partial charge is 0.282 e. The average molecular weight is 536 g/mol. The molecule has 5 rings (SSSR count). The molecule has 1 aromatic heterocycles. The number of aromatic nitrogens is 2. The minimum Gasteiger partial charge on any atom is -0.490 e. The van der Waals surface area contributed by atoms with E-state index in [0.29, 0.717) is 36.5 Å². The molecule has 6 nitrogen and oxygen atoms in total. The van der Waals surface area contributed by atoms with Crippen molar-refractivity contribution in [3.8, 4) is 11.5 Å². The molecule has 1 aliphatic rings. The lowest BCUT2D eigenvalue weighted by atomic mass is 9.88. The minimum absolute atomic E-state index is 0.142. The standard InChI is InChI=1S/C34H37N3O3/c1-4-12-28-20-26(21-31(39-5-2)32(28)40-23-25-14-11-13-24(3)19-25)22-35-37-33(27-15-7-6-8-16-27)36-30-18-10-9-17-29(30)34(37)38/h4,9-11,13-14,17-22,27H,1,5-8,12,15-16,23H2,2-3H3. The molecule has 206 valence electrons. The van der Waals surface area contributed by atoms with Gasteiger partial charge in [0, 0.05) is 11.5 Å². The SMILES string of the molecule is C=CCc1cc(C=Nn2c(C3CCCCC3)nc3ccccc3c2=O)cc(OCC)c1OCc1cccc(C)c1. The predicted molar refractivity (Wildman–Crippen MR) is 162 cm³/mol. The van der Waals surface area contributed by atoms with Crippen molar-refractivity contribution in [2.75, 3.05) is 6.61 Å². The van der Waals surface area contributed by atoms with E-state index in [-0.39, 0.29) is 11.5 Å². The molecule has 1 aliphatic carbocycles. The van der Waals surface area contributed by atoms with Crippen LogP contribution in [0.2, 0.25) is 0 Å². The highest BCUT2D eigenvalue weighted by Crippen LogP contribution is 2.35. The zero-order valence-corrected chi connectivity index (χ0v) is 23.4. The molecule has 0 saturated heterocycles. The van der Waals surface area contributed by atoms with Gasteiger partial charge in [-0.2, -0.15) is 9.78 Å². The van der Waals surface area contributed by atoms with Crippen LogP contribution in [-0.2, 0) is 13.0 Å². The number of hydrogen-bond donors (Lipinski definition) is 0. The van der Waals surface area contributed by atoms with Crippen molar-refractivity contribution >= 4 is 17.1 Å². The molecule has 40 heavy (non-hydrogen) atoms. The Balaban J connectivity index is 1.54. The summed E-state index contributed by atoms with van der Waals surface area (Å²) in [6, 6.07) is 19.7. The first-order valence-electron chi connectivity index (χ1n) is 14.2. The minimum atomic E-state index is -0.142. The maximum atomic E-state index is 13.6. The summed E-state index contributed by atoms with van der Waals surface area (Å²) in [5, 5.41) is 5.30. The van der Waals surface area contributed by atoms with Crippen LogP contribution in [0, 0.1) is 6.92 Å². The summed E-state index contributed by atoms with van der Waals surface area (Å²) in [4.78, 5) is 18.5. The first-order chi connectivity index (χ1) is 19.6. The van der Waals surface area contributed by atoms with Gasteiger partial charge in [0.2, 0.25) is 0 Å². The van der Waals surface area contributed by atoms with Gasteiger partial charge in [-0.1, -0.05) is 67.3 Å². The lowest BCUT2D eigenvalue weighted by Gasteiger charge is -2.22. The predicted octanol–water partition coefficient (Wildman–Crippen LogP) is 7.34. The van der Waals surface area contributed by atoms with Gasteiger partial charge in [0.25, 0.3) is 5.56 Å². The van der Waals surface area contributed by atoms with E-state index in [0.717, 1.165) is 53.7 Å². The fourth-order valence-corrected chi connectivity index (χ4v) is 5.45. The summed E-state index contributed by atoms with van der Waals surface area (Å²) in [7, 11) is 0. The van der Waals surface area contributed by atoms with Gasteiger partial charge in [-0.05, 0) is 68.5 Å². The first kappa shape index (κ1) is 27.4. The Labute approximate surface area is 236 Å². The summed E-state index contributed by atoms with van der Waals surface area (Å²) >= 11 is 0. The number of fused-ring (bicyclic) bond motifs is 1. The average Bonchev–Trinajstić information content (AvgIpc) is 2.97. The molecule has 6 heteroatoms. The van der Waals surface area contributed by atoms with Gasteiger partial charge in [-0.3, -0.25) is 4.79 Å². The normalized spacial score (nSPS) is 14.1. The van der Waals surface area contributed by atoms with E-state index < -0.39 is 0 Å². The van der Waals surface area contributed by atoms with Gasteiger partial charge >= 0.3 is 0 Å². The van der Waals surface area contributed by atoms with Crippen LogP contribution in [0.4, 0.5) is 0 Å². The van der Waals surface area contributed by atoms with Crippen LogP contribution < -0.4 is 15.0 Å². The van der Waals surface area contributed by atoms with E-state index in [2.05, 4.69) is 31.7 Å². The lowest BCUT2D eigenvalue weighted by Crippen LogP contribution is -2.25. The van der Waals surface area contributed by atoms with Gasteiger partial charge in [0.1, 0.15) is 12.4 Å². The fraction of sp³-hybridized carbons (Fsp3) is 0.324. The number of ether oxygens (including phenoxy) is 2. The molecule has 0 bridgehead atoms. The van der Waals surface area contributed by atoms with E-state index in [4.69, 9.17) is 19.6 Å². The molecule has 4 aromatic rings. The van der Waals surface area contributed by atoms with Crippen LogP contribution in [0.3, 0.4) is 0 Å². The molecular formula is C34H37N3O3. The number of benzene rings is 3. The quantitative estimate of drug-likeness (QED) is 0.157. The third-order valence-electron chi connectivity index (χ3n) is 7.36. The Bertz CT molecular complexity index is 1580. The van der Waals surface area contributed by atoms with Crippen molar-refractivity contribution in [3.05, 3.63) is 112 Å². The highest BCUT2D eigenvalue weighted by molar-refractivity contribution is 5.82. The maximum Gasteiger partial charge on any atom is 0.282 e. The van der Waals surface area contributed by atoms with Crippen LogP contribution in [0.1, 0.15) is 73.0 Å².